The van der Waals surface area contributed by atoms with Crippen LogP contribution in [0.1, 0.15) is 20.3 Å². The van der Waals surface area contributed by atoms with Gasteiger partial charge in [-0.05, 0) is 26.0 Å². The van der Waals surface area contributed by atoms with Gasteiger partial charge in [0.25, 0.3) is 0 Å². The molecule has 1 aromatic carbocycles. The predicted molar refractivity (Wildman–Crippen MR) is 82.4 cm³/mol. The number of ether oxygens (including phenoxy) is 1. The molecule has 0 saturated carbocycles. The first-order chi connectivity index (χ1) is 10.0. The Labute approximate surface area is 125 Å². The molecule has 0 radical (unpaired) electrons. The minimum atomic E-state index is -0.160. The normalized spacial score (nSPS) is 10.3. The highest BCUT2D eigenvalue weighted by Gasteiger charge is 2.05. The third-order valence-corrected chi connectivity index (χ3v) is 2.62. The Kier molecular flexibility index (Phi) is 7.25. The van der Waals surface area contributed by atoms with Crippen molar-refractivity contribution in [3.8, 4) is 5.75 Å². The van der Waals surface area contributed by atoms with Crippen LogP contribution in [0.3, 0.4) is 0 Å². The third kappa shape index (κ3) is 7.31. The van der Waals surface area contributed by atoms with Crippen molar-refractivity contribution < 1.29 is 14.3 Å². The van der Waals surface area contributed by atoms with E-state index in [0.29, 0.717) is 24.4 Å². The van der Waals surface area contributed by atoms with Gasteiger partial charge in [0.15, 0.2) is 0 Å². The Balaban J connectivity index is 2.23. The van der Waals surface area contributed by atoms with Crippen molar-refractivity contribution in [2.75, 3.05) is 25.5 Å². The van der Waals surface area contributed by atoms with Gasteiger partial charge in [-0.2, -0.15) is 0 Å². The number of anilines is 1. The van der Waals surface area contributed by atoms with Gasteiger partial charge in [0.2, 0.25) is 11.8 Å². The van der Waals surface area contributed by atoms with E-state index < -0.39 is 0 Å². The molecular weight excluding hydrogens is 270 g/mol. The zero-order valence-corrected chi connectivity index (χ0v) is 12.7. The molecule has 0 spiro atoms. The maximum absolute atomic E-state index is 11.7. The van der Waals surface area contributed by atoms with Crippen molar-refractivity contribution in [1.29, 1.82) is 0 Å². The van der Waals surface area contributed by atoms with E-state index in [1.807, 2.05) is 13.8 Å². The van der Waals surface area contributed by atoms with Crippen molar-refractivity contribution in [1.82, 2.24) is 10.6 Å². The quantitative estimate of drug-likeness (QED) is 0.628. The highest BCUT2D eigenvalue weighted by atomic mass is 16.5. The van der Waals surface area contributed by atoms with Crippen LogP contribution in [0.4, 0.5) is 5.69 Å². The van der Waals surface area contributed by atoms with E-state index in [1.165, 1.54) is 0 Å². The first-order valence-electron chi connectivity index (χ1n) is 6.95. The smallest absolute Gasteiger partial charge is 0.238 e. The molecule has 0 saturated heterocycles. The van der Waals surface area contributed by atoms with Gasteiger partial charge in [0.1, 0.15) is 5.75 Å². The number of amides is 2. The largest absolute Gasteiger partial charge is 0.497 e. The predicted octanol–water partition coefficient (Wildman–Crippen LogP) is 1.14. The highest BCUT2D eigenvalue weighted by molar-refractivity contribution is 5.92. The second kappa shape index (κ2) is 8.97. The number of hydrogen-bond acceptors (Lipinski definition) is 4. The average Bonchev–Trinajstić information content (AvgIpc) is 2.43. The molecule has 0 aromatic heterocycles. The molecule has 0 aliphatic carbocycles. The monoisotopic (exact) mass is 293 g/mol. The first-order valence-corrected chi connectivity index (χ1v) is 6.95. The number of benzene rings is 1. The lowest BCUT2D eigenvalue weighted by atomic mass is 10.3. The van der Waals surface area contributed by atoms with Crippen molar-refractivity contribution in [3.63, 3.8) is 0 Å². The fourth-order valence-corrected chi connectivity index (χ4v) is 1.70. The molecule has 1 rings (SSSR count). The molecule has 0 aliphatic heterocycles. The van der Waals surface area contributed by atoms with Crippen LogP contribution in [0.5, 0.6) is 5.75 Å². The summed E-state index contributed by atoms with van der Waals surface area (Å²) < 4.78 is 5.08. The van der Waals surface area contributed by atoms with Crippen molar-refractivity contribution in [2.45, 2.75) is 26.3 Å². The van der Waals surface area contributed by atoms with Gasteiger partial charge in [0.05, 0.1) is 13.7 Å². The fraction of sp³-hybridized carbons (Fsp3) is 0.467. The summed E-state index contributed by atoms with van der Waals surface area (Å²) in [5.41, 5.74) is 0.679. The molecule has 0 fully saturated rings. The Morgan fingerprint density at radius 2 is 2.00 bits per heavy atom. The van der Waals surface area contributed by atoms with Crippen LogP contribution in [-0.4, -0.2) is 38.1 Å². The minimum Gasteiger partial charge on any atom is -0.497 e. The Morgan fingerprint density at radius 1 is 1.24 bits per heavy atom. The minimum absolute atomic E-state index is 0.0225. The van der Waals surface area contributed by atoms with Gasteiger partial charge < -0.3 is 20.7 Å². The summed E-state index contributed by atoms with van der Waals surface area (Å²) in [5.74, 6) is 0.504. The van der Waals surface area contributed by atoms with E-state index in [2.05, 4.69) is 16.0 Å². The molecule has 1 aromatic rings. The second-order valence-electron chi connectivity index (χ2n) is 4.93. The number of nitrogens with one attached hydrogen (secondary N) is 3. The summed E-state index contributed by atoms with van der Waals surface area (Å²) in [5, 5.41) is 8.48. The number of methoxy groups -OCH3 is 1. The lowest BCUT2D eigenvalue weighted by Crippen LogP contribution is -2.34. The van der Waals surface area contributed by atoms with Gasteiger partial charge in [-0.1, -0.05) is 6.07 Å². The lowest BCUT2D eigenvalue weighted by molar-refractivity contribution is -0.121. The molecule has 6 heteroatoms. The SMILES string of the molecule is COc1cccc(NC(=O)CNCCC(=O)NC(C)C)c1. The summed E-state index contributed by atoms with van der Waals surface area (Å²) >= 11 is 0. The molecule has 0 atom stereocenters. The van der Waals surface area contributed by atoms with Crippen LogP contribution in [0.25, 0.3) is 0 Å². The summed E-state index contributed by atoms with van der Waals surface area (Å²) in [6, 6.07) is 7.28. The van der Waals surface area contributed by atoms with Gasteiger partial charge in [-0.3, -0.25) is 9.59 Å². The van der Waals surface area contributed by atoms with Gasteiger partial charge >= 0.3 is 0 Å². The average molecular weight is 293 g/mol. The Hall–Kier alpha value is -2.08. The van der Waals surface area contributed by atoms with Crippen LogP contribution >= 0.6 is 0 Å². The second-order valence-corrected chi connectivity index (χ2v) is 4.93. The van der Waals surface area contributed by atoms with E-state index in [4.69, 9.17) is 4.74 Å². The summed E-state index contributed by atoms with van der Waals surface area (Å²) in [4.78, 5) is 23.1. The van der Waals surface area contributed by atoms with Crippen molar-refractivity contribution in [2.24, 2.45) is 0 Å². The summed E-state index contributed by atoms with van der Waals surface area (Å²) in [6.07, 6.45) is 0.352. The van der Waals surface area contributed by atoms with E-state index in [1.54, 1.807) is 31.4 Å². The molecular formula is C15H23N3O3. The molecule has 2 amide bonds. The fourth-order valence-electron chi connectivity index (χ4n) is 1.70. The molecule has 6 nitrogen and oxygen atoms in total. The number of rotatable bonds is 8. The van der Waals surface area contributed by atoms with Crippen molar-refractivity contribution in [3.05, 3.63) is 24.3 Å². The van der Waals surface area contributed by atoms with E-state index >= 15 is 0 Å². The van der Waals surface area contributed by atoms with E-state index in [-0.39, 0.29) is 24.4 Å². The zero-order chi connectivity index (χ0) is 15.7. The summed E-state index contributed by atoms with van der Waals surface area (Å²) in [7, 11) is 1.57. The molecule has 0 bridgehead atoms. The third-order valence-electron chi connectivity index (χ3n) is 2.62. The Morgan fingerprint density at radius 3 is 2.67 bits per heavy atom. The number of carbonyl (C=O) groups excluding carboxylic acids is 2. The van der Waals surface area contributed by atoms with Crippen molar-refractivity contribution >= 4 is 17.5 Å². The maximum atomic E-state index is 11.7. The van der Waals surface area contributed by atoms with Crippen LogP contribution in [0.15, 0.2) is 24.3 Å². The molecule has 0 heterocycles. The standard InChI is InChI=1S/C15H23N3O3/c1-11(2)17-14(19)7-8-16-10-15(20)18-12-5-4-6-13(9-12)21-3/h4-6,9,11,16H,7-8,10H2,1-3H3,(H,17,19)(H,18,20). The van der Waals surface area contributed by atoms with Gasteiger partial charge in [0, 0.05) is 30.8 Å². The molecule has 3 N–H and O–H groups in total. The van der Waals surface area contributed by atoms with Gasteiger partial charge in [-0.25, -0.2) is 0 Å². The highest BCUT2D eigenvalue weighted by Crippen LogP contribution is 2.16. The van der Waals surface area contributed by atoms with Crippen LogP contribution in [0.2, 0.25) is 0 Å². The van der Waals surface area contributed by atoms with E-state index in [0.717, 1.165) is 0 Å². The molecule has 116 valence electrons. The Bertz CT molecular complexity index is 475. The molecule has 0 unspecified atom stereocenters. The topological polar surface area (TPSA) is 79.5 Å². The molecule has 0 aliphatic rings. The summed E-state index contributed by atoms with van der Waals surface area (Å²) in [6.45, 7) is 4.44. The number of carbonyl (C=O) groups is 2. The van der Waals surface area contributed by atoms with Crippen LogP contribution in [0, 0.1) is 0 Å². The first kappa shape index (κ1) is 17.0. The van der Waals surface area contributed by atoms with Crippen LogP contribution in [-0.2, 0) is 9.59 Å². The van der Waals surface area contributed by atoms with E-state index in [9.17, 15) is 9.59 Å². The maximum Gasteiger partial charge on any atom is 0.238 e. The molecule has 21 heavy (non-hydrogen) atoms. The lowest BCUT2D eigenvalue weighted by Gasteiger charge is -2.09. The van der Waals surface area contributed by atoms with Crippen LogP contribution < -0.4 is 20.7 Å². The zero-order valence-electron chi connectivity index (χ0n) is 12.7. The number of hydrogen-bond donors (Lipinski definition) is 3. The van der Waals surface area contributed by atoms with Gasteiger partial charge in [-0.15, -0.1) is 0 Å².